The quantitative estimate of drug-likeness (QED) is 0.471. The van der Waals surface area contributed by atoms with Gasteiger partial charge in [-0.15, -0.1) is 0 Å². The van der Waals surface area contributed by atoms with Crippen LogP contribution in [0.1, 0.15) is 32.6 Å². The van der Waals surface area contributed by atoms with Crippen LogP contribution in [0, 0.1) is 11.3 Å². The number of hydrogen-bond donors (Lipinski definition) is 2. The molecule has 4 rings (SSSR count). The highest BCUT2D eigenvalue weighted by Crippen LogP contribution is 2.39. The molecule has 0 saturated carbocycles. The minimum absolute atomic E-state index is 0.0973. The van der Waals surface area contributed by atoms with Crippen molar-refractivity contribution in [3.8, 4) is 5.75 Å². The monoisotopic (exact) mass is 649 g/mol. The number of rotatable bonds is 3. The summed E-state index contributed by atoms with van der Waals surface area (Å²) in [5, 5.41) is 14.2. The molecule has 1 spiro atoms. The van der Waals surface area contributed by atoms with Crippen LogP contribution in [0.15, 0.2) is 29.2 Å². The van der Waals surface area contributed by atoms with Crippen molar-refractivity contribution in [1.29, 1.82) is 0 Å². The first-order valence-corrected chi connectivity index (χ1v) is 15.0. The Balaban J connectivity index is 0.000000384. The minimum Gasteiger partial charge on any atom is -0.492 e. The highest BCUT2D eigenvalue weighted by molar-refractivity contribution is 7.89. The Bertz CT molecular complexity index is 1160. The number of ether oxygens (including phenoxy) is 1. The molecule has 2 N–H and O–H groups in total. The lowest BCUT2D eigenvalue weighted by atomic mass is 9.78. The predicted octanol–water partition coefficient (Wildman–Crippen LogP) is 3.78. The molecule has 246 valence electrons. The van der Waals surface area contributed by atoms with Crippen LogP contribution in [0.5, 0.6) is 5.75 Å². The van der Waals surface area contributed by atoms with E-state index in [2.05, 4.69) is 16.8 Å². The number of aliphatic carboxylic acids is 2. The van der Waals surface area contributed by atoms with Gasteiger partial charge in [-0.05, 0) is 77.0 Å². The molecule has 43 heavy (non-hydrogen) atoms. The minimum atomic E-state index is -5.08. The Kier molecular flexibility index (Phi) is 12.7. The van der Waals surface area contributed by atoms with Gasteiger partial charge in [0.05, 0.1) is 6.61 Å². The maximum Gasteiger partial charge on any atom is 0.490 e. The number of halogens is 6. The number of sulfonamides is 1. The van der Waals surface area contributed by atoms with Crippen molar-refractivity contribution in [1.82, 2.24) is 14.1 Å². The SMILES string of the molecule is CCN1CC2(CCN(CC3CCN(C)CC3)CC2)COc2ccccc2S1(=O)=O.O=C(O)C(F)(F)F.O=C(O)C(F)(F)F. The first kappa shape index (κ1) is 36.6. The van der Waals surface area contributed by atoms with E-state index in [0.717, 1.165) is 31.8 Å². The van der Waals surface area contributed by atoms with Gasteiger partial charge in [0.25, 0.3) is 0 Å². The zero-order valence-corrected chi connectivity index (χ0v) is 24.6. The fourth-order valence-electron chi connectivity index (χ4n) is 5.06. The lowest BCUT2D eigenvalue weighted by Gasteiger charge is -2.45. The van der Waals surface area contributed by atoms with E-state index >= 15 is 0 Å². The number of carboxylic acids is 2. The van der Waals surface area contributed by atoms with Crippen LogP contribution in [-0.4, -0.2) is 116 Å². The first-order chi connectivity index (χ1) is 19.8. The molecule has 0 aromatic heterocycles. The van der Waals surface area contributed by atoms with Gasteiger partial charge in [-0.2, -0.15) is 30.6 Å². The highest BCUT2D eigenvalue weighted by Gasteiger charge is 2.43. The third kappa shape index (κ3) is 10.8. The van der Waals surface area contributed by atoms with Crippen LogP contribution < -0.4 is 4.74 Å². The van der Waals surface area contributed by atoms with Gasteiger partial charge in [0.1, 0.15) is 10.6 Å². The van der Waals surface area contributed by atoms with Crippen LogP contribution in [0.3, 0.4) is 0 Å². The smallest absolute Gasteiger partial charge is 0.490 e. The average Bonchev–Trinajstić information content (AvgIpc) is 2.92. The fourth-order valence-corrected chi connectivity index (χ4v) is 6.75. The van der Waals surface area contributed by atoms with E-state index in [1.54, 1.807) is 22.5 Å². The van der Waals surface area contributed by atoms with Crippen molar-refractivity contribution >= 4 is 22.0 Å². The molecule has 0 amide bonds. The second-order valence-electron chi connectivity index (χ2n) is 10.8. The van der Waals surface area contributed by atoms with Gasteiger partial charge >= 0.3 is 24.3 Å². The summed E-state index contributed by atoms with van der Waals surface area (Å²) in [5.74, 6) is -4.22. The Morgan fingerprint density at radius 3 is 1.91 bits per heavy atom. The third-order valence-electron chi connectivity index (χ3n) is 7.62. The average molecular weight is 650 g/mol. The number of nitrogens with zero attached hydrogens (tertiary/aromatic N) is 3. The summed E-state index contributed by atoms with van der Waals surface area (Å²) in [6.07, 6.45) is -5.60. The van der Waals surface area contributed by atoms with Gasteiger partial charge in [0.15, 0.2) is 0 Å². The number of carboxylic acid groups (broad SMARTS) is 2. The molecule has 0 aliphatic carbocycles. The lowest BCUT2D eigenvalue weighted by Crippen LogP contribution is -2.52. The maximum absolute atomic E-state index is 13.2. The van der Waals surface area contributed by atoms with Crippen LogP contribution >= 0.6 is 0 Å². The Morgan fingerprint density at radius 1 is 0.953 bits per heavy atom. The topological polar surface area (TPSA) is 128 Å². The van der Waals surface area contributed by atoms with Crippen molar-refractivity contribution in [2.45, 2.75) is 49.9 Å². The number of fused-ring (bicyclic) bond motifs is 1. The number of piperidine rings is 2. The fraction of sp³-hybridized carbons (Fsp3) is 0.692. The van der Waals surface area contributed by atoms with Gasteiger partial charge < -0.3 is 24.7 Å². The van der Waals surface area contributed by atoms with E-state index in [0.29, 0.717) is 30.3 Å². The molecular formula is C26H37F6N3O7S. The van der Waals surface area contributed by atoms with E-state index < -0.39 is 34.3 Å². The van der Waals surface area contributed by atoms with Crippen molar-refractivity contribution < 1.29 is 59.3 Å². The Hall–Kier alpha value is -2.63. The molecule has 17 heteroatoms. The Labute approximate surface area is 246 Å². The molecule has 0 bridgehead atoms. The van der Waals surface area contributed by atoms with Crippen LogP contribution in [0.25, 0.3) is 0 Å². The van der Waals surface area contributed by atoms with E-state index in [4.69, 9.17) is 24.5 Å². The molecule has 2 saturated heterocycles. The van der Waals surface area contributed by atoms with E-state index in [9.17, 15) is 34.8 Å². The van der Waals surface area contributed by atoms with Crippen molar-refractivity contribution in [2.75, 3.05) is 59.5 Å². The molecule has 3 aliphatic heterocycles. The van der Waals surface area contributed by atoms with E-state index in [1.807, 2.05) is 13.0 Å². The van der Waals surface area contributed by atoms with Crippen LogP contribution in [0.4, 0.5) is 26.3 Å². The largest absolute Gasteiger partial charge is 0.492 e. The summed E-state index contributed by atoms with van der Waals surface area (Å²) < 4.78 is 97.7. The van der Waals surface area contributed by atoms with Crippen molar-refractivity contribution in [2.24, 2.45) is 11.3 Å². The molecule has 2 fully saturated rings. The van der Waals surface area contributed by atoms with Gasteiger partial charge in [-0.25, -0.2) is 18.0 Å². The summed E-state index contributed by atoms with van der Waals surface area (Å²) >= 11 is 0. The summed E-state index contributed by atoms with van der Waals surface area (Å²) in [4.78, 5) is 23.1. The summed E-state index contributed by atoms with van der Waals surface area (Å²) in [6, 6.07) is 7.07. The van der Waals surface area contributed by atoms with E-state index in [-0.39, 0.29) is 5.41 Å². The summed E-state index contributed by atoms with van der Waals surface area (Å²) in [7, 11) is -1.31. The summed E-state index contributed by atoms with van der Waals surface area (Å²) in [5.41, 5.74) is -0.0973. The lowest BCUT2D eigenvalue weighted by molar-refractivity contribution is -0.193. The van der Waals surface area contributed by atoms with Crippen LogP contribution in [0.2, 0.25) is 0 Å². The van der Waals surface area contributed by atoms with E-state index in [1.165, 1.54) is 32.5 Å². The second-order valence-corrected chi connectivity index (χ2v) is 12.7. The molecule has 1 aromatic carbocycles. The molecule has 3 aliphatic rings. The number of benzene rings is 1. The highest BCUT2D eigenvalue weighted by atomic mass is 32.2. The Morgan fingerprint density at radius 2 is 1.44 bits per heavy atom. The van der Waals surface area contributed by atoms with Crippen LogP contribution in [-0.2, 0) is 19.6 Å². The van der Waals surface area contributed by atoms with Gasteiger partial charge in [0.2, 0.25) is 10.0 Å². The summed E-state index contributed by atoms with van der Waals surface area (Å²) in [6.45, 7) is 9.26. The molecule has 10 nitrogen and oxygen atoms in total. The van der Waals surface area contributed by atoms with Gasteiger partial charge in [0, 0.05) is 25.0 Å². The number of alkyl halides is 6. The molecule has 0 radical (unpaired) electrons. The second kappa shape index (κ2) is 14.9. The van der Waals surface area contributed by atoms with Crippen molar-refractivity contribution in [3.05, 3.63) is 24.3 Å². The van der Waals surface area contributed by atoms with Gasteiger partial charge in [-0.3, -0.25) is 0 Å². The predicted molar refractivity (Wildman–Crippen MR) is 142 cm³/mol. The zero-order valence-electron chi connectivity index (χ0n) is 23.8. The number of likely N-dealkylation sites (tertiary alicyclic amines) is 2. The molecular weight excluding hydrogens is 612 g/mol. The first-order valence-electron chi connectivity index (χ1n) is 13.5. The molecule has 0 unspecified atom stereocenters. The molecule has 1 aromatic rings. The number of carbonyl (C=O) groups is 2. The van der Waals surface area contributed by atoms with Crippen molar-refractivity contribution in [3.63, 3.8) is 0 Å². The maximum atomic E-state index is 13.2. The molecule has 3 heterocycles. The standard InChI is InChI=1S/C22H35N3O3S.2C2HF3O2/c1-3-25-17-22(18-28-20-6-4-5-7-21(20)29(25,26)27)10-14-24(15-11-22)16-19-8-12-23(2)13-9-19;2*3-2(4,5)1(6)7/h4-7,19H,3,8-18H2,1-2H3;2*(H,6,7). The zero-order chi connectivity index (χ0) is 32.6. The van der Waals surface area contributed by atoms with Gasteiger partial charge in [-0.1, -0.05) is 19.1 Å². The molecule has 0 atom stereocenters. The normalized spacial score (nSPS) is 21.5. The number of hydrogen-bond acceptors (Lipinski definition) is 7. The number of para-hydroxylation sites is 1. The third-order valence-corrected chi connectivity index (χ3v) is 9.58.